The van der Waals surface area contributed by atoms with Gasteiger partial charge >= 0.3 is 5.97 Å². The van der Waals surface area contributed by atoms with Gasteiger partial charge in [0.05, 0.1) is 12.7 Å². The molecule has 0 aromatic heterocycles. The molecular weight excluding hydrogens is 264 g/mol. The van der Waals surface area contributed by atoms with Gasteiger partial charge in [0.1, 0.15) is 0 Å². The second kappa shape index (κ2) is 9.14. The van der Waals surface area contributed by atoms with E-state index in [4.69, 9.17) is 9.47 Å². The summed E-state index contributed by atoms with van der Waals surface area (Å²) in [6, 6.07) is 10.0. The van der Waals surface area contributed by atoms with Crippen LogP contribution in [0.1, 0.15) is 26.3 Å². The number of hydrogen-bond acceptors (Lipinski definition) is 3. The first kappa shape index (κ1) is 17.2. The van der Waals surface area contributed by atoms with Crippen molar-refractivity contribution in [3.05, 3.63) is 53.6 Å². The number of esters is 1. The Bertz CT molecular complexity index is 488. The molecule has 0 saturated heterocycles. The van der Waals surface area contributed by atoms with Crippen molar-refractivity contribution < 1.29 is 14.3 Å². The van der Waals surface area contributed by atoms with E-state index in [0.29, 0.717) is 12.2 Å². The molecule has 1 aromatic rings. The predicted molar refractivity (Wildman–Crippen MR) is 85.8 cm³/mol. The Hall–Kier alpha value is -1.87. The van der Waals surface area contributed by atoms with E-state index >= 15 is 0 Å². The van der Waals surface area contributed by atoms with Gasteiger partial charge in [-0.3, -0.25) is 0 Å². The zero-order valence-electron chi connectivity index (χ0n) is 13.2. The van der Waals surface area contributed by atoms with Crippen LogP contribution in [0.4, 0.5) is 0 Å². The van der Waals surface area contributed by atoms with Crippen LogP contribution in [-0.4, -0.2) is 25.8 Å². The molecule has 114 valence electrons. The van der Waals surface area contributed by atoms with Gasteiger partial charge in [-0.15, -0.1) is 0 Å². The third-order valence-corrected chi connectivity index (χ3v) is 3.18. The standard InChI is InChI=1S/C18H24O3/c1-5-21-18(19)15(3)13-14(2)17(20-4)12-11-16-9-7-6-8-10-16/h6-14,17H,5H2,1-4H3/b12-11+,15-13+/t14-,17-/m0/s1. The fraction of sp³-hybridized carbons (Fsp3) is 0.389. The zero-order valence-corrected chi connectivity index (χ0v) is 13.2. The third kappa shape index (κ3) is 5.96. The molecule has 0 radical (unpaired) electrons. The zero-order chi connectivity index (χ0) is 15.7. The van der Waals surface area contributed by atoms with Crippen molar-refractivity contribution >= 4 is 12.0 Å². The van der Waals surface area contributed by atoms with Crippen molar-refractivity contribution in [2.24, 2.45) is 5.92 Å². The molecule has 3 heteroatoms. The van der Waals surface area contributed by atoms with Crippen LogP contribution in [0.25, 0.3) is 6.08 Å². The number of carbonyl (C=O) groups is 1. The summed E-state index contributed by atoms with van der Waals surface area (Å²) in [6.07, 6.45) is 5.84. The van der Waals surface area contributed by atoms with E-state index < -0.39 is 0 Å². The molecule has 0 N–H and O–H groups in total. The molecule has 3 nitrogen and oxygen atoms in total. The molecule has 0 aliphatic rings. The summed E-state index contributed by atoms with van der Waals surface area (Å²) in [7, 11) is 1.67. The smallest absolute Gasteiger partial charge is 0.333 e. The summed E-state index contributed by atoms with van der Waals surface area (Å²) in [6.45, 7) is 5.98. The van der Waals surface area contributed by atoms with E-state index in [2.05, 4.69) is 0 Å². The summed E-state index contributed by atoms with van der Waals surface area (Å²) in [5.41, 5.74) is 1.73. The van der Waals surface area contributed by atoms with E-state index in [-0.39, 0.29) is 18.0 Å². The fourth-order valence-electron chi connectivity index (χ4n) is 2.04. The molecule has 0 aliphatic heterocycles. The first-order valence-electron chi connectivity index (χ1n) is 7.20. The van der Waals surface area contributed by atoms with Crippen molar-refractivity contribution in [2.75, 3.05) is 13.7 Å². The molecule has 0 aliphatic carbocycles. The second-order valence-electron chi connectivity index (χ2n) is 4.90. The summed E-state index contributed by atoms with van der Waals surface area (Å²) >= 11 is 0. The van der Waals surface area contributed by atoms with E-state index in [9.17, 15) is 4.79 Å². The Morgan fingerprint density at radius 1 is 1.29 bits per heavy atom. The summed E-state index contributed by atoms with van der Waals surface area (Å²) in [4.78, 5) is 11.6. The Labute approximate surface area is 127 Å². The van der Waals surface area contributed by atoms with Crippen molar-refractivity contribution in [3.63, 3.8) is 0 Å². The number of ether oxygens (including phenoxy) is 2. The third-order valence-electron chi connectivity index (χ3n) is 3.18. The van der Waals surface area contributed by atoms with Gasteiger partial charge in [-0.25, -0.2) is 4.79 Å². The van der Waals surface area contributed by atoms with Crippen LogP contribution >= 0.6 is 0 Å². The van der Waals surface area contributed by atoms with E-state index in [1.807, 2.05) is 55.5 Å². The molecule has 0 spiro atoms. The van der Waals surface area contributed by atoms with Gasteiger partial charge in [-0.1, -0.05) is 55.5 Å². The average molecular weight is 288 g/mol. The van der Waals surface area contributed by atoms with Crippen molar-refractivity contribution in [2.45, 2.75) is 26.9 Å². The first-order valence-corrected chi connectivity index (χ1v) is 7.20. The first-order chi connectivity index (χ1) is 10.1. The highest BCUT2D eigenvalue weighted by molar-refractivity contribution is 5.87. The molecule has 0 bridgehead atoms. The maximum Gasteiger partial charge on any atom is 0.333 e. The molecule has 21 heavy (non-hydrogen) atoms. The number of methoxy groups -OCH3 is 1. The topological polar surface area (TPSA) is 35.5 Å². The maximum atomic E-state index is 11.6. The molecule has 1 rings (SSSR count). The summed E-state index contributed by atoms with van der Waals surface area (Å²) < 4.78 is 10.5. The molecule has 0 saturated carbocycles. The minimum Gasteiger partial charge on any atom is -0.463 e. The van der Waals surface area contributed by atoms with Gasteiger partial charge in [0.15, 0.2) is 0 Å². The van der Waals surface area contributed by atoms with Crippen LogP contribution in [0.5, 0.6) is 0 Å². The van der Waals surface area contributed by atoms with Gasteiger partial charge in [0.2, 0.25) is 0 Å². The van der Waals surface area contributed by atoms with Gasteiger partial charge in [-0.05, 0) is 19.4 Å². The van der Waals surface area contributed by atoms with Crippen LogP contribution in [0.3, 0.4) is 0 Å². The van der Waals surface area contributed by atoms with Crippen molar-refractivity contribution in [3.8, 4) is 0 Å². The van der Waals surface area contributed by atoms with Crippen LogP contribution in [-0.2, 0) is 14.3 Å². The highest BCUT2D eigenvalue weighted by Crippen LogP contribution is 2.15. The lowest BCUT2D eigenvalue weighted by Gasteiger charge is -2.17. The van der Waals surface area contributed by atoms with Crippen LogP contribution in [0, 0.1) is 5.92 Å². The Kier molecular flexibility index (Phi) is 7.48. The fourth-order valence-corrected chi connectivity index (χ4v) is 2.04. The van der Waals surface area contributed by atoms with Crippen LogP contribution in [0.15, 0.2) is 48.1 Å². The van der Waals surface area contributed by atoms with E-state index in [1.165, 1.54) is 0 Å². The lowest BCUT2D eigenvalue weighted by atomic mass is 10.0. The normalized spacial score (nSPS) is 15.0. The van der Waals surface area contributed by atoms with Crippen LogP contribution < -0.4 is 0 Å². The quantitative estimate of drug-likeness (QED) is 0.564. The summed E-state index contributed by atoms with van der Waals surface area (Å²) in [5, 5.41) is 0. The van der Waals surface area contributed by atoms with Crippen LogP contribution in [0.2, 0.25) is 0 Å². The Morgan fingerprint density at radius 3 is 2.52 bits per heavy atom. The van der Waals surface area contributed by atoms with Crippen molar-refractivity contribution in [1.29, 1.82) is 0 Å². The van der Waals surface area contributed by atoms with Crippen molar-refractivity contribution in [1.82, 2.24) is 0 Å². The molecule has 0 amide bonds. The van der Waals surface area contributed by atoms with E-state index in [1.54, 1.807) is 21.0 Å². The molecule has 0 fully saturated rings. The lowest BCUT2D eigenvalue weighted by molar-refractivity contribution is -0.138. The van der Waals surface area contributed by atoms with Gasteiger partial charge in [-0.2, -0.15) is 0 Å². The van der Waals surface area contributed by atoms with Gasteiger partial charge < -0.3 is 9.47 Å². The minimum atomic E-state index is -0.272. The molecular formula is C18H24O3. The monoisotopic (exact) mass is 288 g/mol. The number of hydrogen-bond donors (Lipinski definition) is 0. The van der Waals surface area contributed by atoms with Gasteiger partial charge in [0.25, 0.3) is 0 Å². The number of carbonyl (C=O) groups excluding carboxylic acids is 1. The van der Waals surface area contributed by atoms with Gasteiger partial charge in [0, 0.05) is 18.6 Å². The maximum absolute atomic E-state index is 11.6. The largest absolute Gasteiger partial charge is 0.463 e. The molecule has 1 aromatic carbocycles. The predicted octanol–water partition coefficient (Wildman–Crippen LogP) is 3.86. The highest BCUT2D eigenvalue weighted by atomic mass is 16.5. The Balaban J connectivity index is 2.73. The molecule has 2 atom stereocenters. The highest BCUT2D eigenvalue weighted by Gasteiger charge is 2.14. The Morgan fingerprint density at radius 2 is 1.95 bits per heavy atom. The summed E-state index contributed by atoms with van der Waals surface area (Å²) in [5.74, 6) is -0.189. The average Bonchev–Trinajstić information content (AvgIpc) is 2.49. The molecule has 0 unspecified atom stereocenters. The van der Waals surface area contributed by atoms with E-state index in [0.717, 1.165) is 5.56 Å². The molecule has 0 heterocycles. The SMILES string of the molecule is CCOC(=O)/C(C)=C/[C@H](C)[C@H](/C=C/c1ccccc1)OC. The number of rotatable bonds is 7. The lowest BCUT2D eigenvalue weighted by Crippen LogP contribution is -2.17. The number of benzene rings is 1. The second-order valence-corrected chi connectivity index (χ2v) is 4.90. The minimum absolute atomic E-state index is 0.0827.